The van der Waals surface area contributed by atoms with E-state index in [9.17, 15) is 4.79 Å². The van der Waals surface area contributed by atoms with Crippen molar-refractivity contribution in [1.82, 2.24) is 30.9 Å². The normalized spacial score (nSPS) is 28.5. The third-order valence-corrected chi connectivity index (χ3v) is 4.67. The third-order valence-electron chi connectivity index (χ3n) is 4.67. The fourth-order valence-electron chi connectivity index (χ4n) is 3.19. The van der Waals surface area contributed by atoms with Crippen molar-refractivity contribution in [3.05, 3.63) is 36.8 Å². The van der Waals surface area contributed by atoms with Crippen LogP contribution in [0.25, 0.3) is 5.82 Å². The van der Waals surface area contributed by atoms with E-state index < -0.39 is 0 Å². The van der Waals surface area contributed by atoms with Gasteiger partial charge in [-0.05, 0) is 42.9 Å². The zero-order valence-corrected chi connectivity index (χ0v) is 13.4. The zero-order chi connectivity index (χ0) is 16.5. The maximum absolute atomic E-state index is 12.1. The van der Waals surface area contributed by atoms with Gasteiger partial charge in [0, 0.05) is 18.4 Å². The first-order valence-corrected chi connectivity index (χ1v) is 8.23. The molecule has 4 unspecified atom stereocenters. The van der Waals surface area contributed by atoms with Crippen LogP contribution in [-0.2, 0) is 0 Å². The van der Waals surface area contributed by atoms with Gasteiger partial charge < -0.3 is 10.6 Å². The number of anilines is 1. The van der Waals surface area contributed by atoms with Crippen molar-refractivity contribution in [2.75, 3.05) is 5.32 Å². The molecule has 4 rings (SSSR count). The molecule has 3 heterocycles. The molecule has 4 N–H and O–H groups in total. The minimum atomic E-state index is -0.243. The molecule has 126 valence electrons. The van der Waals surface area contributed by atoms with E-state index in [4.69, 9.17) is 0 Å². The molecule has 1 saturated carbocycles. The summed E-state index contributed by atoms with van der Waals surface area (Å²) in [6.45, 7) is 2.26. The number of urea groups is 1. The molecule has 1 saturated heterocycles. The smallest absolute Gasteiger partial charge is 0.320 e. The fourth-order valence-corrected chi connectivity index (χ4v) is 3.19. The molecular formula is C16H21N7O. The van der Waals surface area contributed by atoms with E-state index in [1.54, 1.807) is 23.1 Å². The average molecular weight is 327 g/mol. The van der Waals surface area contributed by atoms with Gasteiger partial charge in [-0.3, -0.25) is 5.43 Å². The molecule has 0 bridgehead atoms. The first kappa shape index (κ1) is 15.1. The quantitative estimate of drug-likeness (QED) is 0.677. The van der Waals surface area contributed by atoms with Crippen LogP contribution in [0.15, 0.2) is 36.8 Å². The van der Waals surface area contributed by atoms with Crippen molar-refractivity contribution in [1.29, 1.82) is 0 Å². The molecule has 0 aromatic carbocycles. The highest BCUT2D eigenvalue weighted by molar-refractivity contribution is 5.89. The van der Waals surface area contributed by atoms with Gasteiger partial charge in [0.2, 0.25) is 0 Å². The topological polar surface area (TPSA) is 95.9 Å². The first-order valence-electron chi connectivity index (χ1n) is 8.23. The summed E-state index contributed by atoms with van der Waals surface area (Å²) in [5.41, 5.74) is 7.06. The molecule has 8 nitrogen and oxygen atoms in total. The van der Waals surface area contributed by atoms with Crippen LogP contribution >= 0.6 is 0 Å². The number of nitrogens with zero attached hydrogens (tertiary/aromatic N) is 3. The molecule has 2 aliphatic rings. The van der Waals surface area contributed by atoms with Gasteiger partial charge >= 0.3 is 6.03 Å². The van der Waals surface area contributed by atoms with E-state index in [-0.39, 0.29) is 12.2 Å². The highest BCUT2D eigenvalue weighted by Gasteiger charge is 2.42. The van der Waals surface area contributed by atoms with Crippen LogP contribution in [0, 0.1) is 11.8 Å². The lowest BCUT2D eigenvalue weighted by molar-refractivity contribution is 0.247. The lowest BCUT2D eigenvalue weighted by Gasteiger charge is -2.13. The van der Waals surface area contributed by atoms with Crippen molar-refractivity contribution in [3.63, 3.8) is 0 Å². The Balaban J connectivity index is 1.28. The number of carbonyl (C=O) groups is 1. The van der Waals surface area contributed by atoms with E-state index in [0.717, 1.165) is 18.3 Å². The van der Waals surface area contributed by atoms with Gasteiger partial charge in [-0.25, -0.2) is 19.9 Å². The van der Waals surface area contributed by atoms with Crippen LogP contribution in [0.4, 0.5) is 10.5 Å². The van der Waals surface area contributed by atoms with Gasteiger partial charge in [0.15, 0.2) is 5.82 Å². The lowest BCUT2D eigenvalue weighted by Crippen LogP contribution is -2.46. The molecule has 0 spiro atoms. The van der Waals surface area contributed by atoms with Gasteiger partial charge in [0.05, 0.1) is 18.1 Å². The van der Waals surface area contributed by atoms with Crippen LogP contribution in [0.5, 0.6) is 0 Å². The Bertz CT molecular complexity index is 700. The summed E-state index contributed by atoms with van der Waals surface area (Å²) in [7, 11) is 0. The van der Waals surface area contributed by atoms with E-state index in [1.807, 2.05) is 18.3 Å². The number of carbonyl (C=O) groups excluding carboxylic acids is 1. The Labute approximate surface area is 140 Å². The monoisotopic (exact) mass is 327 g/mol. The summed E-state index contributed by atoms with van der Waals surface area (Å²) < 4.78 is 1.66. The Morgan fingerprint density at radius 2 is 2.21 bits per heavy atom. The second-order valence-electron chi connectivity index (χ2n) is 6.51. The molecule has 2 fully saturated rings. The number of hydrogen-bond donors (Lipinski definition) is 4. The molecule has 8 heteroatoms. The molecular weight excluding hydrogens is 306 g/mol. The number of rotatable bonds is 4. The maximum atomic E-state index is 12.1. The summed E-state index contributed by atoms with van der Waals surface area (Å²) in [6.07, 6.45) is 7.24. The molecule has 2 amide bonds. The van der Waals surface area contributed by atoms with Gasteiger partial charge in [0.25, 0.3) is 0 Å². The number of nitrogens with one attached hydrogen (secondary N) is 4. The van der Waals surface area contributed by atoms with E-state index >= 15 is 0 Å². The first-order chi connectivity index (χ1) is 11.7. The number of hydrazine groups is 1. The van der Waals surface area contributed by atoms with Crippen LogP contribution in [0.1, 0.15) is 19.8 Å². The summed E-state index contributed by atoms with van der Waals surface area (Å²) in [4.78, 5) is 16.4. The van der Waals surface area contributed by atoms with Crippen molar-refractivity contribution in [3.8, 4) is 5.82 Å². The maximum Gasteiger partial charge on any atom is 0.320 e. The van der Waals surface area contributed by atoms with Crippen molar-refractivity contribution >= 4 is 11.7 Å². The van der Waals surface area contributed by atoms with Crippen molar-refractivity contribution in [2.45, 2.75) is 32.0 Å². The summed E-state index contributed by atoms with van der Waals surface area (Å²) in [5, 5.41) is 9.84. The third kappa shape index (κ3) is 3.24. The summed E-state index contributed by atoms with van der Waals surface area (Å²) in [6, 6.07) is 5.65. The second kappa shape index (κ2) is 6.21. The number of pyridine rings is 1. The van der Waals surface area contributed by atoms with Crippen molar-refractivity contribution < 1.29 is 4.79 Å². The molecule has 4 atom stereocenters. The molecule has 1 aliphatic carbocycles. The molecule has 2 aromatic heterocycles. The number of hydrogen-bond acceptors (Lipinski definition) is 5. The van der Waals surface area contributed by atoms with Crippen molar-refractivity contribution in [2.24, 2.45) is 11.8 Å². The molecule has 0 radical (unpaired) electrons. The Morgan fingerprint density at radius 1 is 1.33 bits per heavy atom. The van der Waals surface area contributed by atoms with Crippen LogP contribution in [-0.4, -0.2) is 33.0 Å². The molecule has 24 heavy (non-hydrogen) atoms. The highest BCUT2D eigenvalue weighted by Crippen LogP contribution is 2.42. The predicted molar refractivity (Wildman–Crippen MR) is 89.2 cm³/mol. The van der Waals surface area contributed by atoms with E-state index in [1.165, 1.54) is 6.42 Å². The SMILES string of the molecule is CC1CC1C1CC(NC(=O)Nc2ccc(-n3cccn3)nc2)NN1. The van der Waals surface area contributed by atoms with Gasteiger partial charge in [0.1, 0.15) is 0 Å². The Morgan fingerprint density at radius 3 is 2.88 bits per heavy atom. The van der Waals surface area contributed by atoms with Gasteiger partial charge in [-0.2, -0.15) is 5.10 Å². The second-order valence-corrected chi connectivity index (χ2v) is 6.51. The molecule has 2 aromatic rings. The number of amides is 2. The minimum absolute atomic E-state index is 0.0564. The van der Waals surface area contributed by atoms with Crippen LogP contribution in [0.3, 0.4) is 0 Å². The van der Waals surface area contributed by atoms with Crippen LogP contribution in [0.2, 0.25) is 0 Å². The van der Waals surface area contributed by atoms with Crippen LogP contribution < -0.4 is 21.5 Å². The predicted octanol–water partition coefficient (Wildman–Crippen LogP) is 1.24. The Hall–Kier alpha value is -2.45. The van der Waals surface area contributed by atoms with Gasteiger partial charge in [-0.1, -0.05) is 6.92 Å². The fraction of sp³-hybridized carbons (Fsp3) is 0.438. The molecule has 1 aliphatic heterocycles. The summed E-state index contributed by atoms with van der Waals surface area (Å²) >= 11 is 0. The largest absolute Gasteiger partial charge is 0.321 e. The lowest BCUT2D eigenvalue weighted by atomic mass is 10.1. The van der Waals surface area contributed by atoms with Gasteiger partial charge in [-0.15, -0.1) is 0 Å². The number of aromatic nitrogens is 3. The van der Waals surface area contributed by atoms with E-state index in [2.05, 4.69) is 38.5 Å². The minimum Gasteiger partial charge on any atom is -0.321 e. The summed E-state index contributed by atoms with van der Waals surface area (Å²) in [5.74, 6) is 2.22. The Kier molecular flexibility index (Phi) is 3.91. The standard InChI is InChI=1S/C16H21N7O/c1-10-7-12(10)13-8-14(22-21-13)20-16(24)19-11-3-4-15(17-9-11)23-6-2-5-18-23/h2-6,9-10,12-14,21-22H,7-8H2,1H3,(H2,19,20,24). The zero-order valence-electron chi connectivity index (χ0n) is 13.4. The van der Waals surface area contributed by atoms with E-state index in [0.29, 0.717) is 17.5 Å². The average Bonchev–Trinajstić information content (AvgIpc) is 2.99. The highest BCUT2D eigenvalue weighted by atomic mass is 16.2.